The van der Waals surface area contributed by atoms with Crippen molar-refractivity contribution < 1.29 is 4.74 Å². The molecule has 2 aromatic rings. The molecule has 136 valence electrons. The van der Waals surface area contributed by atoms with Crippen LogP contribution in [0.2, 0.25) is 0 Å². The van der Waals surface area contributed by atoms with Gasteiger partial charge in [0, 0.05) is 48.9 Å². The SMILES string of the molecule is COC1CN(C2CCC([C@@H](C)n3c(C)c(C)c4ccccc43)CC2)C1. The summed E-state index contributed by atoms with van der Waals surface area (Å²) in [6, 6.07) is 10.3. The molecule has 3 nitrogen and oxygen atoms in total. The third-order valence-corrected chi connectivity index (χ3v) is 7.03. The van der Waals surface area contributed by atoms with Crippen LogP contribution in [0.3, 0.4) is 0 Å². The molecule has 2 fully saturated rings. The van der Waals surface area contributed by atoms with Crippen molar-refractivity contribution in [1.82, 2.24) is 9.47 Å². The predicted molar refractivity (Wildman–Crippen MR) is 104 cm³/mol. The zero-order valence-electron chi connectivity index (χ0n) is 16.2. The Morgan fingerprint density at radius 2 is 1.72 bits per heavy atom. The van der Waals surface area contributed by atoms with Crippen molar-refractivity contribution in [1.29, 1.82) is 0 Å². The molecule has 1 aromatic carbocycles. The standard InChI is InChI=1S/C22H32N2O/c1-15-16(2)24(22-8-6-5-7-21(15)22)17(3)18-9-11-19(12-10-18)23-13-20(14-23)25-4/h5-8,17-20H,9-14H2,1-4H3/t17-,18?,19?/m1/s1. The van der Waals surface area contributed by atoms with Gasteiger partial charge in [-0.15, -0.1) is 0 Å². The van der Waals surface area contributed by atoms with Gasteiger partial charge in [-0.3, -0.25) is 4.90 Å². The normalized spacial score (nSPS) is 26.7. The molecule has 1 saturated carbocycles. The summed E-state index contributed by atoms with van der Waals surface area (Å²) in [5.74, 6) is 0.796. The monoisotopic (exact) mass is 340 g/mol. The molecule has 4 rings (SSSR count). The molecule has 1 aromatic heterocycles. The number of hydrogen-bond donors (Lipinski definition) is 0. The average molecular weight is 341 g/mol. The minimum atomic E-state index is 0.480. The number of benzene rings is 1. The van der Waals surface area contributed by atoms with Crippen LogP contribution in [0, 0.1) is 19.8 Å². The molecule has 25 heavy (non-hydrogen) atoms. The minimum Gasteiger partial charge on any atom is -0.379 e. The predicted octanol–water partition coefficient (Wildman–Crippen LogP) is 4.71. The van der Waals surface area contributed by atoms with Crippen molar-refractivity contribution in [3.63, 3.8) is 0 Å². The van der Waals surface area contributed by atoms with E-state index in [1.807, 2.05) is 7.11 Å². The highest BCUT2D eigenvalue weighted by Crippen LogP contribution is 2.39. The molecule has 0 N–H and O–H groups in total. The van der Waals surface area contributed by atoms with E-state index in [0.29, 0.717) is 12.1 Å². The van der Waals surface area contributed by atoms with Crippen molar-refractivity contribution in [2.75, 3.05) is 20.2 Å². The van der Waals surface area contributed by atoms with E-state index < -0.39 is 0 Å². The molecule has 0 unspecified atom stereocenters. The number of aromatic nitrogens is 1. The fourth-order valence-electron chi connectivity index (χ4n) is 5.16. The second-order valence-electron chi connectivity index (χ2n) is 8.22. The van der Waals surface area contributed by atoms with Crippen LogP contribution in [0.15, 0.2) is 24.3 Å². The van der Waals surface area contributed by atoms with Gasteiger partial charge in [-0.2, -0.15) is 0 Å². The van der Waals surface area contributed by atoms with E-state index in [2.05, 4.69) is 54.5 Å². The summed E-state index contributed by atoms with van der Waals surface area (Å²) < 4.78 is 8.05. The number of fused-ring (bicyclic) bond motifs is 1. The lowest BCUT2D eigenvalue weighted by Gasteiger charge is -2.46. The fraction of sp³-hybridized carbons (Fsp3) is 0.636. The van der Waals surface area contributed by atoms with Crippen LogP contribution in [0.4, 0.5) is 0 Å². The molecule has 2 heterocycles. The molecule has 0 amide bonds. The number of hydrogen-bond acceptors (Lipinski definition) is 2. The Morgan fingerprint density at radius 1 is 1.04 bits per heavy atom. The Balaban J connectivity index is 1.46. The lowest BCUT2D eigenvalue weighted by atomic mass is 9.80. The van der Waals surface area contributed by atoms with Crippen LogP contribution in [0.1, 0.15) is 49.9 Å². The van der Waals surface area contributed by atoms with Gasteiger partial charge >= 0.3 is 0 Å². The van der Waals surface area contributed by atoms with Gasteiger partial charge in [-0.1, -0.05) is 18.2 Å². The number of ether oxygens (including phenoxy) is 1. The van der Waals surface area contributed by atoms with Crippen LogP contribution in [-0.2, 0) is 4.74 Å². The largest absolute Gasteiger partial charge is 0.379 e. The number of likely N-dealkylation sites (tertiary alicyclic amines) is 1. The molecule has 1 atom stereocenters. The minimum absolute atomic E-state index is 0.480. The Labute approximate surface area is 152 Å². The highest BCUT2D eigenvalue weighted by molar-refractivity contribution is 5.85. The summed E-state index contributed by atoms with van der Waals surface area (Å²) >= 11 is 0. The molecule has 1 aliphatic carbocycles. The van der Waals surface area contributed by atoms with Crippen LogP contribution in [-0.4, -0.2) is 41.8 Å². The maximum atomic E-state index is 5.44. The topological polar surface area (TPSA) is 17.4 Å². The van der Waals surface area contributed by atoms with Gasteiger partial charge in [0.05, 0.1) is 6.10 Å². The van der Waals surface area contributed by atoms with E-state index in [9.17, 15) is 0 Å². The van der Waals surface area contributed by atoms with Gasteiger partial charge < -0.3 is 9.30 Å². The van der Waals surface area contributed by atoms with E-state index >= 15 is 0 Å². The van der Waals surface area contributed by atoms with E-state index in [1.54, 1.807) is 0 Å². The van der Waals surface area contributed by atoms with Crippen molar-refractivity contribution in [2.45, 2.75) is 64.6 Å². The van der Waals surface area contributed by atoms with Crippen molar-refractivity contribution >= 4 is 10.9 Å². The first kappa shape index (κ1) is 17.1. The number of para-hydroxylation sites is 1. The number of aryl methyl sites for hydroxylation is 1. The van der Waals surface area contributed by atoms with E-state index in [0.717, 1.165) is 25.0 Å². The fourth-order valence-corrected chi connectivity index (χ4v) is 5.16. The third kappa shape index (κ3) is 2.92. The van der Waals surface area contributed by atoms with Crippen LogP contribution < -0.4 is 0 Å². The first-order valence-corrected chi connectivity index (χ1v) is 9.93. The molecular weight excluding hydrogens is 308 g/mol. The number of nitrogens with zero attached hydrogens (tertiary/aromatic N) is 2. The van der Waals surface area contributed by atoms with Crippen LogP contribution in [0.5, 0.6) is 0 Å². The lowest BCUT2D eigenvalue weighted by molar-refractivity contribution is -0.0605. The second-order valence-corrected chi connectivity index (χ2v) is 8.22. The summed E-state index contributed by atoms with van der Waals surface area (Å²) in [5, 5.41) is 1.42. The lowest BCUT2D eigenvalue weighted by Crippen LogP contribution is -2.56. The number of rotatable bonds is 4. The van der Waals surface area contributed by atoms with Gasteiger partial charge in [0.2, 0.25) is 0 Å². The number of methoxy groups -OCH3 is 1. The maximum absolute atomic E-state index is 5.44. The molecule has 0 radical (unpaired) electrons. The zero-order valence-corrected chi connectivity index (χ0v) is 16.2. The smallest absolute Gasteiger partial charge is 0.0825 e. The summed E-state index contributed by atoms with van der Waals surface area (Å²) in [5.41, 5.74) is 4.31. The summed E-state index contributed by atoms with van der Waals surface area (Å²) in [6.07, 6.45) is 5.88. The van der Waals surface area contributed by atoms with Crippen LogP contribution >= 0.6 is 0 Å². The van der Waals surface area contributed by atoms with Gasteiger partial charge in [0.1, 0.15) is 0 Å². The highest BCUT2D eigenvalue weighted by atomic mass is 16.5. The Hall–Kier alpha value is -1.32. The Bertz CT molecular complexity index is 736. The summed E-state index contributed by atoms with van der Waals surface area (Å²) in [7, 11) is 1.84. The van der Waals surface area contributed by atoms with Gasteiger partial charge in [-0.25, -0.2) is 0 Å². The van der Waals surface area contributed by atoms with Crippen LogP contribution in [0.25, 0.3) is 10.9 Å². The van der Waals surface area contributed by atoms with E-state index in [-0.39, 0.29) is 0 Å². The van der Waals surface area contributed by atoms with E-state index in [4.69, 9.17) is 4.74 Å². The van der Waals surface area contributed by atoms with E-state index in [1.165, 1.54) is 47.8 Å². The summed E-state index contributed by atoms with van der Waals surface area (Å²) in [6.45, 7) is 9.29. The van der Waals surface area contributed by atoms with Crippen molar-refractivity contribution in [3.05, 3.63) is 35.5 Å². The van der Waals surface area contributed by atoms with Gasteiger partial charge in [0.25, 0.3) is 0 Å². The van der Waals surface area contributed by atoms with Crippen molar-refractivity contribution in [3.8, 4) is 0 Å². The molecule has 2 aliphatic rings. The first-order chi connectivity index (χ1) is 12.1. The molecule has 0 bridgehead atoms. The first-order valence-electron chi connectivity index (χ1n) is 9.93. The highest BCUT2D eigenvalue weighted by Gasteiger charge is 2.36. The Morgan fingerprint density at radius 3 is 2.40 bits per heavy atom. The van der Waals surface area contributed by atoms with Gasteiger partial charge in [-0.05, 0) is 64.0 Å². The second kappa shape index (κ2) is 6.77. The Kier molecular flexibility index (Phi) is 4.63. The van der Waals surface area contributed by atoms with Crippen molar-refractivity contribution in [2.24, 2.45) is 5.92 Å². The maximum Gasteiger partial charge on any atom is 0.0825 e. The molecule has 3 heteroatoms. The third-order valence-electron chi connectivity index (χ3n) is 7.03. The molecule has 0 spiro atoms. The van der Waals surface area contributed by atoms with Gasteiger partial charge in [0.15, 0.2) is 0 Å². The molecular formula is C22H32N2O. The quantitative estimate of drug-likeness (QED) is 0.802. The average Bonchev–Trinajstić information content (AvgIpc) is 2.85. The zero-order chi connectivity index (χ0) is 17.6. The molecule has 1 saturated heterocycles. The summed E-state index contributed by atoms with van der Waals surface area (Å²) in [4.78, 5) is 2.63. The molecule has 1 aliphatic heterocycles.